The van der Waals surface area contributed by atoms with E-state index in [1.807, 2.05) is 39.9 Å². The predicted molar refractivity (Wildman–Crippen MR) is 88.9 cm³/mol. The number of para-hydroxylation sites is 1. The van der Waals surface area contributed by atoms with Gasteiger partial charge >= 0.3 is 0 Å². The maximum absolute atomic E-state index is 12.7. The van der Waals surface area contributed by atoms with Crippen molar-refractivity contribution in [2.45, 2.75) is 25.2 Å². The first kappa shape index (κ1) is 15.5. The Hall–Kier alpha value is -2.05. The molecule has 0 aliphatic carbocycles. The van der Waals surface area contributed by atoms with Crippen LogP contribution in [0.3, 0.4) is 0 Å². The fourth-order valence-corrected chi connectivity index (χ4v) is 3.65. The van der Waals surface area contributed by atoms with Crippen LogP contribution in [0, 0.1) is 0 Å². The number of fused-ring (bicyclic) bond motifs is 1. The van der Waals surface area contributed by atoms with Crippen LogP contribution in [0.25, 0.3) is 10.9 Å². The van der Waals surface area contributed by atoms with E-state index in [4.69, 9.17) is 14.2 Å². The Morgan fingerprint density at radius 2 is 1.96 bits per heavy atom. The lowest BCUT2D eigenvalue weighted by atomic mass is 10.0. The van der Waals surface area contributed by atoms with E-state index < -0.39 is 5.79 Å². The summed E-state index contributed by atoms with van der Waals surface area (Å²) in [5, 5.41) is 1.08. The molecule has 3 heterocycles. The van der Waals surface area contributed by atoms with Crippen LogP contribution >= 0.6 is 0 Å². The van der Waals surface area contributed by atoms with E-state index in [1.54, 1.807) is 7.11 Å². The smallest absolute Gasteiger partial charge is 0.242 e. The third-order valence-electron chi connectivity index (χ3n) is 4.97. The molecule has 24 heavy (non-hydrogen) atoms. The summed E-state index contributed by atoms with van der Waals surface area (Å²) in [7, 11) is 1.65. The lowest BCUT2D eigenvalue weighted by molar-refractivity contribution is -0.187. The van der Waals surface area contributed by atoms with E-state index in [1.165, 1.54) is 0 Å². The molecule has 0 bridgehead atoms. The van der Waals surface area contributed by atoms with Crippen molar-refractivity contribution in [2.75, 3.05) is 33.4 Å². The standard InChI is InChI=1S/C18H22N2O4/c1-22-15-4-2-3-14-5-8-20(17(14)15)13-16(21)19-9-6-18(7-10-19)23-11-12-24-18/h2-5,8H,6-7,9-13H2,1H3. The van der Waals surface area contributed by atoms with Crippen LogP contribution < -0.4 is 4.74 Å². The average Bonchev–Trinajstić information content (AvgIpc) is 3.23. The van der Waals surface area contributed by atoms with Crippen molar-refractivity contribution >= 4 is 16.8 Å². The number of piperidine rings is 1. The third kappa shape index (κ3) is 2.65. The zero-order valence-corrected chi connectivity index (χ0v) is 13.9. The number of ether oxygens (including phenoxy) is 3. The molecule has 4 rings (SSSR count). The lowest BCUT2D eigenvalue weighted by Crippen LogP contribution is -2.48. The maximum Gasteiger partial charge on any atom is 0.242 e. The fraction of sp³-hybridized carbons (Fsp3) is 0.500. The number of carbonyl (C=O) groups is 1. The van der Waals surface area contributed by atoms with Crippen molar-refractivity contribution in [2.24, 2.45) is 0 Å². The molecule has 2 saturated heterocycles. The summed E-state index contributed by atoms with van der Waals surface area (Å²) in [6, 6.07) is 7.91. The predicted octanol–water partition coefficient (Wildman–Crippen LogP) is 2.02. The number of nitrogens with zero attached hydrogens (tertiary/aromatic N) is 2. The van der Waals surface area contributed by atoms with Gasteiger partial charge in [-0.15, -0.1) is 0 Å². The molecule has 6 heteroatoms. The number of hydrogen-bond donors (Lipinski definition) is 0. The second-order valence-corrected chi connectivity index (χ2v) is 6.33. The van der Waals surface area contributed by atoms with Crippen LogP contribution in [0.5, 0.6) is 5.75 Å². The average molecular weight is 330 g/mol. The van der Waals surface area contributed by atoms with Gasteiger partial charge in [-0.25, -0.2) is 0 Å². The first-order valence-corrected chi connectivity index (χ1v) is 8.38. The number of aromatic nitrogens is 1. The monoisotopic (exact) mass is 330 g/mol. The van der Waals surface area contributed by atoms with Crippen molar-refractivity contribution in [3.05, 3.63) is 30.5 Å². The highest BCUT2D eigenvalue weighted by Gasteiger charge is 2.40. The molecule has 128 valence electrons. The number of hydrogen-bond acceptors (Lipinski definition) is 4. The van der Waals surface area contributed by atoms with Gasteiger partial charge in [0.2, 0.25) is 5.91 Å². The Bertz CT molecular complexity index is 739. The van der Waals surface area contributed by atoms with Gasteiger partial charge in [-0.1, -0.05) is 12.1 Å². The summed E-state index contributed by atoms with van der Waals surface area (Å²) in [4.78, 5) is 14.6. The van der Waals surface area contributed by atoms with Crippen molar-refractivity contribution in [3.8, 4) is 5.75 Å². The van der Waals surface area contributed by atoms with Crippen LogP contribution in [0.2, 0.25) is 0 Å². The number of likely N-dealkylation sites (tertiary alicyclic amines) is 1. The molecule has 1 aromatic carbocycles. The van der Waals surface area contributed by atoms with Gasteiger partial charge in [0, 0.05) is 37.5 Å². The quantitative estimate of drug-likeness (QED) is 0.864. The molecule has 2 aliphatic rings. The fourth-order valence-electron chi connectivity index (χ4n) is 3.65. The van der Waals surface area contributed by atoms with Crippen LogP contribution in [0.4, 0.5) is 0 Å². The number of amides is 1. The summed E-state index contributed by atoms with van der Waals surface area (Å²) in [5.41, 5.74) is 0.962. The number of methoxy groups -OCH3 is 1. The first-order valence-electron chi connectivity index (χ1n) is 8.38. The van der Waals surface area contributed by atoms with Crippen molar-refractivity contribution in [3.63, 3.8) is 0 Å². The number of benzene rings is 1. The van der Waals surface area contributed by atoms with Gasteiger partial charge in [-0.05, 0) is 12.1 Å². The molecule has 2 fully saturated rings. The molecular formula is C18H22N2O4. The molecule has 0 atom stereocenters. The summed E-state index contributed by atoms with van der Waals surface area (Å²) in [6.45, 7) is 2.98. The Labute approximate surface area is 140 Å². The largest absolute Gasteiger partial charge is 0.495 e. The van der Waals surface area contributed by atoms with E-state index in [0.717, 1.165) is 29.5 Å². The molecule has 0 N–H and O–H groups in total. The second-order valence-electron chi connectivity index (χ2n) is 6.33. The van der Waals surface area contributed by atoms with Gasteiger partial charge in [0.15, 0.2) is 5.79 Å². The van der Waals surface area contributed by atoms with E-state index in [2.05, 4.69) is 0 Å². The van der Waals surface area contributed by atoms with Crippen molar-refractivity contribution < 1.29 is 19.0 Å². The normalized spacial score (nSPS) is 20.0. The molecule has 2 aliphatic heterocycles. The van der Waals surface area contributed by atoms with E-state index in [-0.39, 0.29) is 5.91 Å². The molecular weight excluding hydrogens is 308 g/mol. The molecule has 6 nitrogen and oxygen atoms in total. The minimum atomic E-state index is -0.444. The Morgan fingerprint density at radius 1 is 1.21 bits per heavy atom. The molecule has 0 radical (unpaired) electrons. The van der Waals surface area contributed by atoms with Crippen LogP contribution in [0.1, 0.15) is 12.8 Å². The highest BCUT2D eigenvalue weighted by Crippen LogP contribution is 2.31. The molecule has 1 amide bonds. The van der Waals surface area contributed by atoms with E-state index in [9.17, 15) is 4.79 Å². The Balaban J connectivity index is 1.47. The van der Waals surface area contributed by atoms with Gasteiger partial charge < -0.3 is 23.7 Å². The van der Waals surface area contributed by atoms with Crippen LogP contribution in [0.15, 0.2) is 30.5 Å². The minimum absolute atomic E-state index is 0.117. The van der Waals surface area contributed by atoms with E-state index in [0.29, 0.717) is 32.8 Å². The Morgan fingerprint density at radius 3 is 2.67 bits per heavy atom. The first-order chi connectivity index (χ1) is 11.7. The van der Waals surface area contributed by atoms with E-state index >= 15 is 0 Å². The molecule has 2 aromatic rings. The highest BCUT2D eigenvalue weighted by atomic mass is 16.7. The van der Waals surface area contributed by atoms with Crippen LogP contribution in [-0.4, -0.2) is 54.6 Å². The summed E-state index contributed by atoms with van der Waals surface area (Å²) < 4.78 is 18.8. The third-order valence-corrected chi connectivity index (χ3v) is 4.97. The number of carbonyl (C=O) groups excluding carboxylic acids is 1. The maximum atomic E-state index is 12.7. The van der Waals surface area contributed by atoms with Crippen molar-refractivity contribution in [1.82, 2.24) is 9.47 Å². The van der Waals surface area contributed by atoms with Crippen LogP contribution in [-0.2, 0) is 20.8 Å². The minimum Gasteiger partial charge on any atom is -0.495 e. The van der Waals surface area contributed by atoms with Gasteiger partial charge in [0.05, 0.1) is 25.8 Å². The zero-order valence-electron chi connectivity index (χ0n) is 13.9. The van der Waals surface area contributed by atoms with Gasteiger partial charge in [0.25, 0.3) is 0 Å². The summed E-state index contributed by atoms with van der Waals surface area (Å²) in [6.07, 6.45) is 3.43. The lowest BCUT2D eigenvalue weighted by Gasteiger charge is -2.37. The zero-order chi connectivity index (χ0) is 16.6. The van der Waals surface area contributed by atoms with Gasteiger partial charge in [0.1, 0.15) is 12.3 Å². The van der Waals surface area contributed by atoms with Gasteiger partial charge in [-0.2, -0.15) is 0 Å². The van der Waals surface area contributed by atoms with Gasteiger partial charge in [-0.3, -0.25) is 4.79 Å². The second kappa shape index (κ2) is 6.11. The number of rotatable bonds is 3. The SMILES string of the molecule is COc1cccc2ccn(CC(=O)N3CCC4(CC3)OCCO4)c12. The molecule has 1 spiro atoms. The molecule has 0 unspecified atom stereocenters. The topological polar surface area (TPSA) is 52.9 Å². The molecule has 0 saturated carbocycles. The van der Waals surface area contributed by atoms with Crippen molar-refractivity contribution in [1.29, 1.82) is 0 Å². The highest BCUT2D eigenvalue weighted by molar-refractivity contribution is 5.88. The summed E-state index contributed by atoms with van der Waals surface area (Å²) in [5.74, 6) is 0.460. The molecule has 1 aromatic heterocycles. The summed E-state index contributed by atoms with van der Waals surface area (Å²) >= 11 is 0. The Kier molecular flexibility index (Phi) is 3.94.